The Bertz CT molecular complexity index is 3830. The van der Waals surface area contributed by atoms with Gasteiger partial charge in [-0.3, -0.25) is 52.9 Å². The molecule has 4 aromatic rings. The molecule has 4 aromatic carbocycles. The van der Waals surface area contributed by atoms with E-state index in [1.807, 2.05) is 56.5 Å². The number of carboxylic acids is 1. The van der Waals surface area contributed by atoms with Gasteiger partial charge in [-0.1, -0.05) is 135 Å². The smallest absolute Gasteiger partial charge is 0.408 e. The van der Waals surface area contributed by atoms with E-state index in [1.165, 1.54) is 31.4 Å². The number of nitrogens with two attached hydrogens (primary N) is 2. The molecule has 4 fully saturated rings. The number of likely N-dealkylation sites (tertiary alicyclic amines) is 4. The highest BCUT2D eigenvalue weighted by atomic mass is 32.2. The third-order valence-corrected chi connectivity index (χ3v) is 20.6. The van der Waals surface area contributed by atoms with Crippen LogP contribution in [-0.4, -0.2) is 226 Å². The number of carbonyl (C=O) groups excluding carboxylic acids is 12. The first-order valence-corrected chi connectivity index (χ1v) is 39.6. The molecule has 4 aliphatic heterocycles. The standard InChI is InChI=1S/C79H107N15O16S/c1-51(2)45-59(68(97)87-58(76(105)106)37-44-111-3)85-66(95)48-84-67(96)60(46-52-23-8-4-9-24-52)88-69(98)61(47-53-25-10-5-11-26-53)89-71(100)63-34-20-41-92(63)74(103)65-36-22-43-94(65)75(104)64-35-21-42-93(64)72(101)56(31-16-17-38-83-78(107)109-49-54-27-12-6-13-28-54)86-70(99)62-33-19-40-91(62)73(102)57(32-18-39-82-77(80)81)90-79(108)110-50-55-29-14-7-15-30-55/h4-15,23-30,51,56-65H,16-22,31-50H2,1-3H3,(H,83,107)(H,84,96)(H,85,95)(H,86,99)(H,87,97)(H,88,98)(H,89,100)(H,90,108)(H,105,106)(H4,80,81,82)/t56-,57-,58+,59-,60-,61-,62-,63-,64-,65+/m0/s1. The van der Waals surface area contributed by atoms with Crippen LogP contribution in [0.15, 0.2) is 126 Å². The first-order valence-electron chi connectivity index (χ1n) is 38.3. The van der Waals surface area contributed by atoms with E-state index in [9.17, 15) is 53.1 Å². The monoisotopic (exact) mass is 1550 g/mol. The Morgan fingerprint density at radius 3 is 1.43 bits per heavy atom. The van der Waals surface area contributed by atoms with Crippen molar-refractivity contribution in [2.75, 3.05) is 57.8 Å². The van der Waals surface area contributed by atoms with Crippen LogP contribution in [-0.2, 0) is 88.3 Å². The maximum absolute atomic E-state index is 15.3. The van der Waals surface area contributed by atoms with Crippen molar-refractivity contribution in [2.24, 2.45) is 22.4 Å². The zero-order valence-electron chi connectivity index (χ0n) is 63.4. The van der Waals surface area contributed by atoms with Crippen LogP contribution in [0.1, 0.15) is 132 Å². The van der Waals surface area contributed by atoms with Crippen molar-refractivity contribution in [1.82, 2.24) is 62.1 Å². The molecule has 4 heterocycles. The number of nitrogens with zero attached hydrogens (tertiary/aromatic N) is 5. The number of thioether (sulfide) groups is 1. The fourth-order valence-electron chi connectivity index (χ4n) is 14.3. The molecule has 12 amide bonds. The maximum atomic E-state index is 15.3. The van der Waals surface area contributed by atoms with E-state index in [2.05, 4.69) is 47.5 Å². The quantitative estimate of drug-likeness (QED) is 0.0173. The summed E-state index contributed by atoms with van der Waals surface area (Å²) in [6, 6.07) is 24.1. The molecule has 31 nitrogen and oxygen atoms in total. The summed E-state index contributed by atoms with van der Waals surface area (Å²) in [5.41, 5.74) is 14.0. The van der Waals surface area contributed by atoms with Crippen LogP contribution < -0.4 is 54.0 Å². The van der Waals surface area contributed by atoms with Crippen molar-refractivity contribution in [3.05, 3.63) is 144 Å². The minimum atomic E-state index is -1.32. The van der Waals surface area contributed by atoms with E-state index in [1.54, 1.807) is 84.9 Å². The highest BCUT2D eigenvalue weighted by Gasteiger charge is 2.48. The average Bonchev–Trinajstić information content (AvgIpc) is 1.65. The van der Waals surface area contributed by atoms with Gasteiger partial charge in [0.1, 0.15) is 73.6 Å². The van der Waals surface area contributed by atoms with E-state index in [-0.39, 0.29) is 135 Å². The minimum absolute atomic E-state index is 0.0447. The lowest BCUT2D eigenvalue weighted by Gasteiger charge is -2.35. The lowest BCUT2D eigenvalue weighted by molar-refractivity contribution is -0.151. The zero-order chi connectivity index (χ0) is 79.8. The highest BCUT2D eigenvalue weighted by molar-refractivity contribution is 7.98. The number of amides is 12. The molecule has 8 rings (SSSR count). The second-order valence-corrected chi connectivity index (χ2v) is 29.6. The molecule has 0 saturated carbocycles. The first kappa shape index (κ1) is 85.8. The summed E-state index contributed by atoms with van der Waals surface area (Å²) in [5, 5.41) is 31.6. The molecule has 0 unspecified atom stereocenters. The molecule has 0 aliphatic carbocycles. The number of rotatable bonds is 40. The van der Waals surface area contributed by atoms with Crippen molar-refractivity contribution in [3.63, 3.8) is 0 Å². The van der Waals surface area contributed by atoms with Crippen LogP contribution in [0.5, 0.6) is 0 Å². The summed E-state index contributed by atoms with van der Waals surface area (Å²) in [6.07, 6.45) is 4.08. The molecular formula is C79H107N15O16S. The Morgan fingerprint density at radius 2 is 0.910 bits per heavy atom. The van der Waals surface area contributed by atoms with Crippen LogP contribution in [0.25, 0.3) is 0 Å². The van der Waals surface area contributed by atoms with Crippen LogP contribution >= 0.6 is 11.8 Å². The zero-order valence-corrected chi connectivity index (χ0v) is 64.2. The minimum Gasteiger partial charge on any atom is -0.480 e. The molecule has 10 atom stereocenters. The number of alkyl carbamates (subject to hydrolysis) is 2. The van der Waals surface area contributed by atoms with Gasteiger partial charge in [0.25, 0.3) is 0 Å². The van der Waals surface area contributed by atoms with Gasteiger partial charge in [-0.2, -0.15) is 11.8 Å². The number of benzene rings is 4. The predicted octanol–water partition coefficient (Wildman–Crippen LogP) is 3.31. The number of nitrogens with one attached hydrogen (secondary N) is 8. The molecule has 0 radical (unpaired) electrons. The van der Waals surface area contributed by atoms with Crippen LogP contribution in [0.4, 0.5) is 9.59 Å². The number of unbranched alkanes of at least 4 members (excludes halogenated alkanes) is 1. The number of carboxylic acid groups (broad SMARTS) is 1. The van der Waals surface area contributed by atoms with Crippen molar-refractivity contribution < 1.29 is 76.9 Å². The lowest BCUT2D eigenvalue weighted by atomic mass is 10.0. The second-order valence-electron chi connectivity index (χ2n) is 28.7. The van der Waals surface area contributed by atoms with Gasteiger partial charge in [-0.05, 0) is 136 Å². The highest BCUT2D eigenvalue weighted by Crippen LogP contribution is 2.30. The molecular weight excluding hydrogens is 1450 g/mol. The summed E-state index contributed by atoms with van der Waals surface area (Å²) in [7, 11) is 0. The molecule has 0 bridgehead atoms. The van der Waals surface area contributed by atoms with Gasteiger partial charge < -0.3 is 88.2 Å². The molecule has 4 aliphatic rings. The van der Waals surface area contributed by atoms with Crippen molar-refractivity contribution >= 4 is 94.9 Å². The van der Waals surface area contributed by atoms with Gasteiger partial charge in [0, 0.05) is 52.1 Å². The molecule has 32 heteroatoms. The molecule has 0 spiro atoms. The number of carbonyl (C=O) groups is 13. The van der Waals surface area contributed by atoms with E-state index in [0.29, 0.717) is 61.0 Å². The number of aliphatic imine (C=N–C) groups is 1. The Balaban J connectivity index is 0.946. The Morgan fingerprint density at radius 1 is 0.477 bits per heavy atom. The van der Waals surface area contributed by atoms with Gasteiger partial charge in [0.15, 0.2) is 5.96 Å². The molecule has 111 heavy (non-hydrogen) atoms. The molecule has 13 N–H and O–H groups in total. The van der Waals surface area contributed by atoms with E-state index in [4.69, 9.17) is 20.9 Å². The fraction of sp³-hybridized carbons (Fsp3) is 0.519. The number of aliphatic carboxylic acids is 1. The lowest BCUT2D eigenvalue weighted by Crippen LogP contribution is -2.60. The second kappa shape index (κ2) is 44.2. The van der Waals surface area contributed by atoms with E-state index in [0.717, 1.165) is 5.56 Å². The van der Waals surface area contributed by atoms with Crippen LogP contribution in [0, 0.1) is 5.92 Å². The third-order valence-electron chi connectivity index (χ3n) is 19.9. The number of ether oxygens (including phenoxy) is 2. The molecule has 4 saturated heterocycles. The van der Waals surface area contributed by atoms with Gasteiger partial charge in [-0.25, -0.2) is 14.4 Å². The third kappa shape index (κ3) is 26.7. The SMILES string of the molecule is CSCC[C@@H](NC(=O)[C@H](CC(C)C)NC(=O)CNC(=O)[C@H](Cc1ccccc1)NC(=O)[C@H](Cc1ccccc1)NC(=O)[C@@H]1CCCN1C(=O)[C@H]1CCCN1C(=O)[C@@H]1CCCN1C(=O)[C@H](CCCCNC(=O)OCc1ccccc1)NC(=O)[C@@H]1CCCN1C(=O)[C@H](CCCN=C(N)N)NC(=O)OCc1ccccc1)C(=O)O. The van der Waals surface area contributed by atoms with Crippen molar-refractivity contribution in [2.45, 2.75) is 197 Å². The van der Waals surface area contributed by atoms with Crippen LogP contribution in [0.2, 0.25) is 0 Å². The number of hydrogen-bond acceptors (Lipinski definition) is 17. The van der Waals surface area contributed by atoms with Crippen LogP contribution in [0.3, 0.4) is 0 Å². The maximum Gasteiger partial charge on any atom is 0.408 e. The van der Waals surface area contributed by atoms with Crippen molar-refractivity contribution in [3.8, 4) is 0 Å². The summed E-state index contributed by atoms with van der Waals surface area (Å²) >= 11 is 1.42. The topological polar surface area (TPSA) is 434 Å². The van der Waals surface area contributed by atoms with Crippen molar-refractivity contribution in [1.29, 1.82) is 0 Å². The number of hydrogen-bond donors (Lipinski definition) is 11. The predicted molar refractivity (Wildman–Crippen MR) is 414 cm³/mol. The Labute approximate surface area is 651 Å². The molecule has 0 aromatic heterocycles. The average molecular weight is 1550 g/mol. The normalized spacial score (nSPS) is 18.2. The van der Waals surface area contributed by atoms with E-state index < -0.39 is 144 Å². The number of guanidine groups is 1. The summed E-state index contributed by atoms with van der Waals surface area (Å²) < 4.78 is 10.9. The summed E-state index contributed by atoms with van der Waals surface area (Å²) in [4.78, 5) is 194. The largest absolute Gasteiger partial charge is 0.480 e. The molecule has 600 valence electrons. The Hall–Kier alpha value is -10.8. The first-order chi connectivity index (χ1) is 53.5. The van der Waals surface area contributed by atoms with Gasteiger partial charge >= 0.3 is 18.2 Å². The summed E-state index contributed by atoms with van der Waals surface area (Å²) in [5.74, 6) is -7.42. The van der Waals surface area contributed by atoms with E-state index >= 15 is 14.4 Å². The van der Waals surface area contributed by atoms with Gasteiger partial charge in [0.05, 0.1) is 6.54 Å². The summed E-state index contributed by atoms with van der Waals surface area (Å²) in [6.45, 7) is 3.88. The van der Waals surface area contributed by atoms with Gasteiger partial charge in [0.2, 0.25) is 59.1 Å². The fourth-order valence-corrected chi connectivity index (χ4v) is 14.7. The van der Waals surface area contributed by atoms with Gasteiger partial charge in [-0.15, -0.1) is 0 Å². The Kier molecular flexibility index (Phi) is 34.1.